The first-order chi connectivity index (χ1) is 10.1. The molecule has 112 valence electrons. The fraction of sp³-hybridized carbons (Fsp3) is 0.333. The van der Waals surface area contributed by atoms with Crippen molar-refractivity contribution in [1.82, 2.24) is 0 Å². The lowest BCUT2D eigenvalue weighted by molar-refractivity contribution is 0.0398. The highest BCUT2D eigenvalue weighted by Crippen LogP contribution is 2.21. The minimum atomic E-state index is -0.444. The molecule has 21 heavy (non-hydrogen) atoms. The minimum Gasteiger partial charge on any atom is -0.390 e. The van der Waals surface area contributed by atoms with Crippen molar-refractivity contribution in [2.45, 2.75) is 31.5 Å². The van der Waals surface area contributed by atoms with Gasteiger partial charge in [0, 0.05) is 10.6 Å². The van der Waals surface area contributed by atoms with Crippen LogP contribution in [0.1, 0.15) is 16.7 Å². The summed E-state index contributed by atoms with van der Waals surface area (Å²) in [5, 5.41) is 9.97. The summed E-state index contributed by atoms with van der Waals surface area (Å²) >= 11 is 1.67. The smallest absolute Gasteiger partial charge is 0.0867 e. The topological polar surface area (TPSA) is 29.5 Å². The van der Waals surface area contributed by atoms with Crippen LogP contribution < -0.4 is 0 Å². The maximum absolute atomic E-state index is 9.97. The van der Waals surface area contributed by atoms with Crippen molar-refractivity contribution in [2.24, 2.45) is 0 Å². The predicted molar refractivity (Wildman–Crippen MR) is 88.7 cm³/mol. The van der Waals surface area contributed by atoms with Gasteiger partial charge >= 0.3 is 0 Å². The van der Waals surface area contributed by atoms with Crippen molar-refractivity contribution in [3.05, 3.63) is 65.2 Å². The molecule has 0 aliphatic rings. The van der Waals surface area contributed by atoms with Crippen LogP contribution in [0.4, 0.5) is 0 Å². The maximum Gasteiger partial charge on any atom is 0.0867 e. The summed E-state index contributed by atoms with van der Waals surface area (Å²) in [6, 6.07) is 16.4. The van der Waals surface area contributed by atoms with Gasteiger partial charge in [0.05, 0.1) is 19.3 Å². The normalized spacial score (nSPS) is 12.3. The Bertz CT molecular complexity index is 554. The molecule has 0 radical (unpaired) electrons. The fourth-order valence-corrected chi connectivity index (χ4v) is 2.84. The predicted octanol–water partition coefficient (Wildman–Crippen LogP) is 3.97. The lowest BCUT2D eigenvalue weighted by Gasteiger charge is -2.12. The van der Waals surface area contributed by atoms with E-state index in [1.54, 1.807) is 11.8 Å². The molecule has 1 N–H and O–H groups in total. The second kappa shape index (κ2) is 8.23. The zero-order chi connectivity index (χ0) is 15.1. The summed E-state index contributed by atoms with van der Waals surface area (Å²) in [5.41, 5.74) is 3.72. The highest BCUT2D eigenvalue weighted by Gasteiger charge is 2.06. The van der Waals surface area contributed by atoms with Gasteiger partial charge in [0.25, 0.3) is 0 Å². The van der Waals surface area contributed by atoms with E-state index < -0.39 is 6.10 Å². The molecule has 2 aromatic rings. The first kappa shape index (κ1) is 16.1. The molecule has 1 atom stereocenters. The second-order valence-electron chi connectivity index (χ2n) is 5.21. The van der Waals surface area contributed by atoms with Gasteiger partial charge in [-0.1, -0.05) is 36.4 Å². The summed E-state index contributed by atoms with van der Waals surface area (Å²) in [7, 11) is 0. The summed E-state index contributed by atoms with van der Waals surface area (Å²) in [5.74, 6) is 0.650. The van der Waals surface area contributed by atoms with E-state index in [4.69, 9.17) is 4.74 Å². The van der Waals surface area contributed by atoms with Gasteiger partial charge < -0.3 is 9.84 Å². The fourth-order valence-electron chi connectivity index (χ4n) is 1.93. The van der Waals surface area contributed by atoms with E-state index in [1.165, 1.54) is 16.0 Å². The van der Waals surface area contributed by atoms with E-state index >= 15 is 0 Å². The highest BCUT2D eigenvalue weighted by atomic mass is 32.2. The molecule has 2 aromatic carbocycles. The molecule has 0 aliphatic carbocycles. The zero-order valence-electron chi connectivity index (χ0n) is 12.6. The van der Waals surface area contributed by atoms with Crippen LogP contribution in [0.2, 0.25) is 0 Å². The lowest BCUT2D eigenvalue weighted by Crippen LogP contribution is -2.17. The Morgan fingerprint density at radius 3 is 2.52 bits per heavy atom. The number of aliphatic hydroxyl groups is 1. The average Bonchev–Trinajstić information content (AvgIpc) is 2.49. The van der Waals surface area contributed by atoms with Crippen LogP contribution in [0.5, 0.6) is 0 Å². The van der Waals surface area contributed by atoms with E-state index in [9.17, 15) is 5.11 Å². The van der Waals surface area contributed by atoms with Gasteiger partial charge in [-0.05, 0) is 42.7 Å². The Morgan fingerprint density at radius 2 is 1.81 bits per heavy atom. The molecule has 1 unspecified atom stereocenters. The largest absolute Gasteiger partial charge is 0.390 e. The Hall–Kier alpha value is -1.29. The van der Waals surface area contributed by atoms with E-state index in [1.807, 2.05) is 30.3 Å². The summed E-state index contributed by atoms with van der Waals surface area (Å²) in [6.07, 6.45) is -0.444. The third kappa shape index (κ3) is 5.54. The molecule has 3 heteroatoms. The van der Waals surface area contributed by atoms with E-state index in [0.717, 1.165) is 5.56 Å². The van der Waals surface area contributed by atoms with Gasteiger partial charge in [0.1, 0.15) is 0 Å². The number of aryl methyl sites for hydroxylation is 2. The van der Waals surface area contributed by atoms with Gasteiger partial charge in [-0.2, -0.15) is 0 Å². The van der Waals surface area contributed by atoms with Crippen molar-refractivity contribution < 1.29 is 9.84 Å². The number of ether oxygens (including phenoxy) is 1. The molecule has 0 spiro atoms. The first-order valence-corrected chi connectivity index (χ1v) is 8.13. The standard InChI is InChI=1S/C18H22O2S/c1-14-8-9-18(10-15(14)2)21-13-17(19)12-20-11-16-6-4-3-5-7-16/h3-10,17,19H,11-13H2,1-2H3. The van der Waals surface area contributed by atoms with Crippen LogP contribution >= 0.6 is 11.8 Å². The molecular weight excluding hydrogens is 280 g/mol. The Morgan fingerprint density at radius 1 is 1.05 bits per heavy atom. The van der Waals surface area contributed by atoms with Crippen LogP contribution in [0.25, 0.3) is 0 Å². The Kier molecular flexibility index (Phi) is 6.30. The number of hydrogen-bond acceptors (Lipinski definition) is 3. The summed E-state index contributed by atoms with van der Waals surface area (Å²) in [6.45, 7) is 5.13. The highest BCUT2D eigenvalue weighted by molar-refractivity contribution is 7.99. The van der Waals surface area contributed by atoms with Gasteiger partial charge in [-0.25, -0.2) is 0 Å². The number of thioether (sulfide) groups is 1. The quantitative estimate of drug-likeness (QED) is 0.785. The van der Waals surface area contributed by atoms with Crippen molar-refractivity contribution in [1.29, 1.82) is 0 Å². The monoisotopic (exact) mass is 302 g/mol. The van der Waals surface area contributed by atoms with Crippen LogP contribution in [0.15, 0.2) is 53.4 Å². The van der Waals surface area contributed by atoms with Crippen LogP contribution in [0, 0.1) is 13.8 Å². The molecule has 0 saturated heterocycles. The second-order valence-corrected chi connectivity index (χ2v) is 6.31. The molecular formula is C18H22O2S. The molecule has 0 saturated carbocycles. The van der Waals surface area contributed by atoms with Gasteiger partial charge in [0.15, 0.2) is 0 Å². The maximum atomic E-state index is 9.97. The van der Waals surface area contributed by atoms with Gasteiger partial charge in [-0.15, -0.1) is 11.8 Å². The van der Waals surface area contributed by atoms with Gasteiger partial charge in [-0.3, -0.25) is 0 Å². The van der Waals surface area contributed by atoms with Crippen molar-refractivity contribution in [2.75, 3.05) is 12.4 Å². The Labute approximate surface area is 131 Å². The zero-order valence-corrected chi connectivity index (χ0v) is 13.4. The third-order valence-corrected chi connectivity index (χ3v) is 4.48. The Balaban J connectivity index is 1.69. The van der Waals surface area contributed by atoms with Crippen LogP contribution in [-0.4, -0.2) is 23.6 Å². The molecule has 0 heterocycles. The average molecular weight is 302 g/mol. The first-order valence-electron chi connectivity index (χ1n) is 7.15. The van der Waals surface area contributed by atoms with Gasteiger partial charge in [0.2, 0.25) is 0 Å². The number of hydrogen-bond donors (Lipinski definition) is 1. The number of benzene rings is 2. The van der Waals surface area contributed by atoms with E-state index in [0.29, 0.717) is 19.0 Å². The SMILES string of the molecule is Cc1ccc(SCC(O)COCc2ccccc2)cc1C. The molecule has 2 nitrogen and oxygen atoms in total. The number of rotatable bonds is 7. The van der Waals surface area contributed by atoms with Crippen LogP contribution in [-0.2, 0) is 11.3 Å². The minimum absolute atomic E-state index is 0.368. The van der Waals surface area contributed by atoms with E-state index in [2.05, 4.69) is 32.0 Å². The molecule has 0 amide bonds. The van der Waals surface area contributed by atoms with Crippen LogP contribution in [0.3, 0.4) is 0 Å². The summed E-state index contributed by atoms with van der Waals surface area (Å²) < 4.78 is 5.55. The van der Waals surface area contributed by atoms with Crippen molar-refractivity contribution >= 4 is 11.8 Å². The van der Waals surface area contributed by atoms with Crippen molar-refractivity contribution in [3.63, 3.8) is 0 Å². The molecule has 0 aliphatic heterocycles. The lowest BCUT2D eigenvalue weighted by atomic mass is 10.1. The van der Waals surface area contributed by atoms with E-state index in [-0.39, 0.29) is 0 Å². The molecule has 0 bridgehead atoms. The number of aliphatic hydroxyl groups excluding tert-OH is 1. The molecule has 0 fully saturated rings. The van der Waals surface area contributed by atoms with Crippen molar-refractivity contribution in [3.8, 4) is 0 Å². The molecule has 0 aromatic heterocycles. The molecule has 2 rings (SSSR count). The third-order valence-electron chi connectivity index (χ3n) is 3.34. The summed E-state index contributed by atoms with van der Waals surface area (Å²) in [4.78, 5) is 1.19.